The summed E-state index contributed by atoms with van der Waals surface area (Å²) in [4.78, 5) is 11.3. The van der Waals surface area contributed by atoms with Crippen molar-refractivity contribution >= 4 is 23.4 Å². The standard InChI is InChI=1S/C15H19F2NO2S/c1-20-15(19)9-7-8-11(14(17)13(9)16)18-10-5-3-4-6-12(10)21-2/h7-8,10,12,18H,3-6H2,1-2H3. The summed E-state index contributed by atoms with van der Waals surface area (Å²) in [6.07, 6.45) is 6.29. The van der Waals surface area contributed by atoms with Gasteiger partial charge in [0.2, 0.25) is 0 Å². The second-order valence-corrected chi connectivity index (χ2v) is 6.17. The summed E-state index contributed by atoms with van der Waals surface area (Å²) >= 11 is 1.74. The molecule has 2 unspecified atom stereocenters. The van der Waals surface area contributed by atoms with Gasteiger partial charge in [-0.05, 0) is 31.2 Å². The van der Waals surface area contributed by atoms with Gasteiger partial charge in [-0.1, -0.05) is 12.8 Å². The highest BCUT2D eigenvalue weighted by Crippen LogP contribution is 2.31. The van der Waals surface area contributed by atoms with Crippen molar-refractivity contribution in [2.24, 2.45) is 0 Å². The predicted molar refractivity (Wildman–Crippen MR) is 80.9 cm³/mol. The van der Waals surface area contributed by atoms with E-state index in [0.717, 1.165) is 26.4 Å². The minimum Gasteiger partial charge on any atom is -0.465 e. The van der Waals surface area contributed by atoms with Crippen LogP contribution in [0.1, 0.15) is 36.0 Å². The van der Waals surface area contributed by atoms with E-state index in [1.807, 2.05) is 6.26 Å². The lowest BCUT2D eigenvalue weighted by atomic mass is 9.94. The van der Waals surface area contributed by atoms with E-state index in [2.05, 4.69) is 10.1 Å². The minimum absolute atomic E-state index is 0.103. The van der Waals surface area contributed by atoms with Crippen molar-refractivity contribution in [3.63, 3.8) is 0 Å². The molecule has 6 heteroatoms. The number of halogens is 2. The fourth-order valence-corrected chi connectivity index (χ4v) is 3.61. The SMILES string of the molecule is COC(=O)c1ccc(NC2CCCCC2SC)c(F)c1F. The van der Waals surface area contributed by atoms with E-state index in [1.165, 1.54) is 18.6 Å². The van der Waals surface area contributed by atoms with Gasteiger partial charge < -0.3 is 10.1 Å². The van der Waals surface area contributed by atoms with Gasteiger partial charge in [-0.3, -0.25) is 0 Å². The molecule has 1 aromatic rings. The number of methoxy groups -OCH3 is 1. The summed E-state index contributed by atoms with van der Waals surface area (Å²) < 4.78 is 32.4. The second kappa shape index (κ2) is 7.11. The number of rotatable bonds is 4. The summed E-state index contributed by atoms with van der Waals surface area (Å²) in [7, 11) is 1.14. The normalized spacial score (nSPS) is 21.9. The van der Waals surface area contributed by atoms with Crippen molar-refractivity contribution in [3.8, 4) is 0 Å². The third-order valence-electron chi connectivity index (χ3n) is 3.83. The molecule has 0 aliphatic heterocycles. The first-order chi connectivity index (χ1) is 10.1. The maximum atomic E-state index is 14.1. The molecule has 0 spiro atoms. The van der Waals surface area contributed by atoms with Gasteiger partial charge in [-0.15, -0.1) is 0 Å². The molecule has 1 aliphatic carbocycles. The van der Waals surface area contributed by atoms with E-state index < -0.39 is 17.6 Å². The molecule has 3 nitrogen and oxygen atoms in total. The van der Waals surface area contributed by atoms with Crippen LogP contribution in [0, 0.1) is 11.6 Å². The van der Waals surface area contributed by atoms with Crippen LogP contribution in [0.3, 0.4) is 0 Å². The van der Waals surface area contributed by atoms with Gasteiger partial charge >= 0.3 is 5.97 Å². The number of hydrogen-bond donors (Lipinski definition) is 1. The van der Waals surface area contributed by atoms with E-state index in [0.29, 0.717) is 5.25 Å². The Kier molecular flexibility index (Phi) is 5.45. The molecule has 0 heterocycles. The van der Waals surface area contributed by atoms with Crippen LogP contribution in [0.4, 0.5) is 14.5 Å². The summed E-state index contributed by atoms with van der Waals surface area (Å²) in [6, 6.07) is 2.77. The highest BCUT2D eigenvalue weighted by atomic mass is 32.2. The number of ether oxygens (including phenoxy) is 1. The van der Waals surface area contributed by atoms with Crippen molar-refractivity contribution < 1.29 is 18.3 Å². The quantitative estimate of drug-likeness (QED) is 0.857. The lowest BCUT2D eigenvalue weighted by molar-refractivity contribution is 0.0594. The van der Waals surface area contributed by atoms with E-state index in [1.54, 1.807) is 11.8 Å². The Bertz CT molecular complexity index is 525. The lowest BCUT2D eigenvalue weighted by Gasteiger charge is -2.31. The monoisotopic (exact) mass is 315 g/mol. The fraction of sp³-hybridized carbons (Fsp3) is 0.533. The van der Waals surface area contributed by atoms with Crippen LogP contribution in [0.25, 0.3) is 0 Å². The maximum absolute atomic E-state index is 14.1. The van der Waals surface area contributed by atoms with Gasteiger partial charge in [0.15, 0.2) is 11.6 Å². The fourth-order valence-electron chi connectivity index (χ4n) is 2.67. The third-order valence-corrected chi connectivity index (χ3v) is 5.00. The van der Waals surface area contributed by atoms with Crippen LogP contribution in [-0.4, -0.2) is 30.6 Å². The van der Waals surface area contributed by atoms with Crippen molar-refractivity contribution in [1.82, 2.24) is 0 Å². The highest BCUT2D eigenvalue weighted by Gasteiger charge is 2.26. The molecule has 1 aliphatic rings. The van der Waals surface area contributed by atoms with Crippen LogP contribution in [0.5, 0.6) is 0 Å². The first-order valence-electron chi connectivity index (χ1n) is 6.94. The van der Waals surface area contributed by atoms with Gasteiger partial charge in [0.25, 0.3) is 0 Å². The zero-order valence-corrected chi connectivity index (χ0v) is 12.9. The molecule has 2 atom stereocenters. The molecule has 1 saturated carbocycles. The number of carbonyl (C=O) groups excluding carboxylic acids is 1. The topological polar surface area (TPSA) is 38.3 Å². The Hall–Kier alpha value is -1.30. The molecule has 1 fully saturated rings. The van der Waals surface area contributed by atoms with Gasteiger partial charge in [-0.25, -0.2) is 13.6 Å². The van der Waals surface area contributed by atoms with Gasteiger partial charge in [0, 0.05) is 11.3 Å². The minimum atomic E-state index is -1.16. The molecule has 1 N–H and O–H groups in total. The predicted octanol–water partition coefficient (Wildman–Crippen LogP) is 3.84. The number of hydrogen-bond acceptors (Lipinski definition) is 4. The Labute approximate surface area is 127 Å². The molecule has 0 saturated heterocycles. The maximum Gasteiger partial charge on any atom is 0.340 e. The summed E-state index contributed by atoms with van der Waals surface area (Å²) in [5.74, 6) is -3.07. The average molecular weight is 315 g/mol. The van der Waals surface area contributed by atoms with Crippen LogP contribution in [-0.2, 0) is 4.74 Å². The number of esters is 1. The van der Waals surface area contributed by atoms with Crippen molar-refractivity contribution in [1.29, 1.82) is 0 Å². The number of nitrogens with one attached hydrogen (secondary N) is 1. The Morgan fingerprint density at radius 3 is 2.67 bits per heavy atom. The molecule has 0 bridgehead atoms. The van der Waals surface area contributed by atoms with Crippen LogP contribution in [0.15, 0.2) is 12.1 Å². The van der Waals surface area contributed by atoms with Crippen molar-refractivity contribution in [2.45, 2.75) is 37.0 Å². The smallest absolute Gasteiger partial charge is 0.340 e. The van der Waals surface area contributed by atoms with Gasteiger partial charge in [-0.2, -0.15) is 11.8 Å². The molecule has 21 heavy (non-hydrogen) atoms. The Morgan fingerprint density at radius 1 is 1.29 bits per heavy atom. The summed E-state index contributed by atoms with van der Waals surface area (Å²) in [5, 5.41) is 3.48. The van der Waals surface area contributed by atoms with Crippen LogP contribution in [0.2, 0.25) is 0 Å². The Morgan fingerprint density at radius 2 is 2.00 bits per heavy atom. The number of anilines is 1. The van der Waals surface area contributed by atoms with Crippen LogP contribution >= 0.6 is 11.8 Å². The number of thioether (sulfide) groups is 1. The van der Waals surface area contributed by atoms with Crippen molar-refractivity contribution in [2.75, 3.05) is 18.7 Å². The van der Waals surface area contributed by atoms with E-state index in [9.17, 15) is 13.6 Å². The second-order valence-electron chi connectivity index (χ2n) is 5.09. The zero-order valence-electron chi connectivity index (χ0n) is 12.1. The lowest BCUT2D eigenvalue weighted by Crippen LogP contribution is -2.34. The van der Waals surface area contributed by atoms with E-state index in [-0.39, 0.29) is 17.3 Å². The first kappa shape index (κ1) is 16.1. The molecule has 1 aromatic carbocycles. The van der Waals surface area contributed by atoms with Crippen molar-refractivity contribution in [3.05, 3.63) is 29.3 Å². The summed E-state index contributed by atoms with van der Waals surface area (Å²) in [5.41, 5.74) is -0.281. The summed E-state index contributed by atoms with van der Waals surface area (Å²) in [6.45, 7) is 0. The van der Waals surface area contributed by atoms with Gasteiger partial charge in [0.05, 0.1) is 18.4 Å². The van der Waals surface area contributed by atoms with Gasteiger partial charge in [0.1, 0.15) is 0 Å². The zero-order chi connectivity index (χ0) is 15.4. The molecule has 0 radical (unpaired) electrons. The molecule has 116 valence electrons. The third kappa shape index (κ3) is 3.48. The van der Waals surface area contributed by atoms with E-state index in [4.69, 9.17) is 0 Å². The number of benzene rings is 1. The van der Waals surface area contributed by atoms with Crippen LogP contribution < -0.4 is 5.32 Å². The molecular formula is C15H19F2NO2S. The molecule has 0 amide bonds. The van der Waals surface area contributed by atoms with E-state index >= 15 is 0 Å². The first-order valence-corrected chi connectivity index (χ1v) is 8.23. The molecule has 2 rings (SSSR count). The number of carbonyl (C=O) groups is 1. The molecule has 0 aromatic heterocycles. The molecular weight excluding hydrogens is 296 g/mol. The highest BCUT2D eigenvalue weighted by molar-refractivity contribution is 7.99. The Balaban J connectivity index is 2.21. The largest absolute Gasteiger partial charge is 0.465 e. The average Bonchev–Trinajstić information content (AvgIpc) is 2.51.